The summed E-state index contributed by atoms with van der Waals surface area (Å²) in [7, 11) is 3.43. The van der Waals surface area contributed by atoms with Crippen molar-refractivity contribution in [3.05, 3.63) is 29.0 Å². The lowest BCUT2D eigenvalue weighted by atomic mass is 10.2. The number of nitrogens with zero attached hydrogens (tertiary/aromatic N) is 3. The quantitative estimate of drug-likeness (QED) is 0.902. The van der Waals surface area contributed by atoms with Gasteiger partial charge in [-0.25, -0.2) is 9.18 Å². The van der Waals surface area contributed by atoms with E-state index in [1.165, 1.54) is 17.0 Å². The Morgan fingerprint density at radius 3 is 2.42 bits per heavy atom. The zero-order chi connectivity index (χ0) is 17.9. The summed E-state index contributed by atoms with van der Waals surface area (Å²) < 4.78 is 13.8. The van der Waals surface area contributed by atoms with Crippen molar-refractivity contribution in [2.24, 2.45) is 0 Å². The third-order valence-corrected chi connectivity index (χ3v) is 4.32. The number of anilines is 1. The summed E-state index contributed by atoms with van der Waals surface area (Å²) in [5.41, 5.74) is 0.109. The highest BCUT2D eigenvalue weighted by atomic mass is 35.5. The van der Waals surface area contributed by atoms with Gasteiger partial charge >= 0.3 is 6.03 Å². The summed E-state index contributed by atoms with van der Waals surface area (Å²) in [4.78, 5) is 29.5. The van der Waals surface area contributed by atoms with Gasteiger partial charge in [0.15, 0.2) is 0 Å². The predicted octanol–water partition coefficient (Wildman–Crippen LogP) is 2.11. The third-order valence-electron chi connectivity index (χ3n) is 4.08. The molecule has 6 nitrogen and oxygen atoms in total. The number of amides is 3. The van der Waals surface area contributed by atoms with Crippen LogP contribution in [0.3, 0.4) is 0 Å². The highest BCUT2D eigenvalue weighted by Crippen LogP contribution is 2.19. The van der Waals surface area contributed by atoms with Gasteiger partial charge in [-0.2, -0.15) is 0 Å². The van der Waals surface area contributed by atoms with Gasteiger partial charge in [0, 0.05) is 45.3 Å². The van der Waals surface area contributed by atoms with Crippen molar-refractivity contribution in [3.8, 4) is 0 Å². The maximum absolute atomic E-state index is 13.8. The number of carbonyl (C=O) groups is 2. The maximum Gasteiger partial charge on any atom is 0.319 e. The summed E-state index contributed by atoms with van der Waals surface area (Å²) in [5, 5.41) is 2.86. The van der Waals surface area contributed by atoms with E-state index in [9.17, 15) is 14.0 Å². The van der Waals surface area contributed by atoms with Gasteiger partial charge in [-0.15, -0.1) is 0 Å². The second-order valence-electron chi connectivity index (χ2n) is 5.99. The van der Waals surface area contributed by atoms with Crippen LogP contribution in [-0.2, 0) is 4.79 Å². The number of nitrogens with one attached hydrogen (secondary N) is 1. The molecule has 0 aromatic heterocycles. The molecule has 8 heteroatoms. The van der Waals surface area contributed by atoms with E-state index in [0.717, 1.165) is 6.07 Å². The largest absolute Gasteiger partial charge is 0.331 e. The van der Waals surface area contributed by atoms with Crippen LogP contribution in [-0.4, -0.2) is 73.0 Å². The first-order chi connectivity index (χ1) is 11.3. The Morgan fingerprint density at radius 2 is 1.88 bits per heavy atom. The fraction of sp³-hybridized carbons (Fsp3) is 0.500. The number of hydrogen-bond acceptors (Lipinski definition) is 3. The molecule has 1 unspecified atom stereocenters. The van der Waals surface area contributed by atoms with Gasteiger partial charge in [-0.05, 0) is 25.1 Å². The number of urea groups is 1. The minimum atomic E-state index is -0.565. The Kier molecular flexibility index (Phi) is 6.01. The van der Waals surface area contributed by atoms with E-state index in [1.54, 1.807) is 25.9 Å². The molecular formula is C16H22ClFN4O2. The SMILES string of the molecule is CC(C(=O)Nc1ccc(Cl)cc1F)N1CCN(C(=O)N(C)C)CC1. The van der Waals surface area contributed by atoms with Crippen LogP contribution in [0.1, 0.15) is 6.92 Å². The molecule has 0 saturated carbocycles. The first-order valence-corrected chi connectivity index (χ1v) is 8.13. The van der Waals surface area contributed by atoms with Crippen molar-refractivity contribution in [2.75, 3.05) is 45.6 Å². The molecule has 1 atom stereocenters. The van der Waals surface area contributed by atoms with Gasteiger partial charge in [0.25, 0.3) is 0 Å². The number of hydrogen-bond donors (Lipinski definition) is 1. The predicted molar refractivity (Wildman–Crippen MR) is 91.7 cm³/mol. The summed E-state index contributed by atoms with van der Waals surface area (Å²) >= 11 is 5.70. The fourth-order valence-electron chi connectivity index (χ4n) is 2.58. The van der Waals surface area contributed by atoms with Crippen molar-refractivity contribution in [3.63, 3.8) is 0 Å². The number of piperazine rings is 1. The van der Waals surface area contributed by atoms with Crippen LogP contribution in [0.25, 0.3) is 0 Å². The molecule has 0 spiro atoms. The van der Waals surface area contributed by atoms with Gasteiger partial charge in [-0.3, -0.25) is 9.69 Å². The first kappa shape index (κ1) is 18.5. The van der Waals surface area contributed by atoms with E-state index in [4.69, 9.17) is 11.6 Å². The Bertz CT molecular complexity index is 618. The highest BCUT2D eigenvalue weighted by Gasteiger charge is 2.28. The van der Waals surface area contributed by atoms with Crippen molar-refractivity contribution >= 4 is 29.2 Å². The summed E-state index contributed by atoms with van der Waals surface area (Å²) in [6.45, 7) is 4.08. The van der Waals surface area contributed by atoms with E-state index >= 15 is 0 Å². The molecule has 0 aliphatic carbocycles. The Balaban J connectivity index is 1.91. The summed E-state index contributed by atoms with van der Waals surface area (Å²) in [5.74, 6) is -0.854. The van der Waals surface area contributed by atoms with Crippen molar-refractivity contribution in [1.29, 1.82) is 0 Å². The Labute approximate surface area is 146 Å². The number of rotatable bonds is 3. The standard InChI is InChI=1S/C16H22ClFN4O2/c1-11(15(23)19-14-5-4-12(17)10-13(14)18)21-6-8-22(9-7-21)16(24)20(2)3/h4-5,10-11H,6-9H2,1-3H3,(H,19,23). The monoisotopic (exact) mass is 356 g/mol. The zero-order valence-electron chi connectivity index (χ0n) is 14.1. The zero-order valence-corrected chi connectivity index (χ0v) is 14.8. The number of benzene rings is 1. The smallest absolute Gasteiger partial charge is 0.319 e. The van der Waals surface area contributed by atoms with Gasteiger partial charge in [0.1, 0.15) is 5.82 Å². The van der Waals surface area contributed by atoms with Gasteiger partial charge < -0.3 is 15.1 Å². The van der Waals surface area contributed by atoms with E-state index in [1.807, 2.05) is 4.90 Å². The third kappa shape index (κ3) is 4.36. The molecule has 1 aromatic rings. The van der Waals surface area contributed by atoms with E-state index in [2.05, 4.69) is 5.32 Å². The molecule has 132 valence electrons. The van der Waals surface area contributed by atoms with E-state index < -0.39 is 11.9 Å². The van der Waals surface area contributed by atoms with Crippen LogP contribution < -0.4 is 5.32 Å². The summed E-state index contributed by atoms with van der Waals surface area (Å²) in [6, 6.07) is 3.67. The van der Waals surface area contributed by atoms with Gasteiger partial charge in [-0.1, -0.05) is 11.6 Å². The average Bonchev–Trinajstić information content (AvgIpc) is 2.56. The lowest BCUT2D eigenvalue weighted by Gasteiger charge is -2.38. The molecule has 24 heavy (non-hydrogen) atoms. The molecule has 1 saturated heterocycles. The van der Waals surface area contributed by atoms with E-state index in [0.29, 0.717) is 26.2 Å². The maximum atomic E-state index is 13.8. The van der Waals surface area contributed by atoms with Gasteiger partial charge in [0.2, 0.25) is 5.91 Å². The molecule has 1 heterocycles. The van der Waals surface area contributed by atoms with Crippen molar-refractivity contribution in [1.82, 2.24) is 14.7 Å². The fourth-order valence-corrected chi connectivity index (χ4v) is 2.74. The lowest BCUT2D eigenvalue weighted by Crippen LogP contribution is -2.55. The molecule has 1 fully saturated rings. The minimum absolute atomic E-state index is 0.0324. The second-order valence-corrected chi connectivity index (χ2v) is 6.43. The molecule has 1 aromatic carbocycles. The second kappa shape index (κ2) is 7.81. The topological polar surface area (TPSA) is 55.9 Å². The Morgan fingerprint density at radius 1 is 1.25 bits per heavy atom. The van der Waals surface area contributed by atoms with Gasteiger partial charge in [0.05, 0.1) is 11.7 Å². The molecular weight excluding hydrogens is 335 g/mol. The lowest BCUT2D eigenvalue weighted by molar-refractivity contribution is -0.121. The first-order valence-electron chi connectivity index (χ1n) is 7.76. The van der Waals surface area contributed by atoms with Crippen LogP contribution >= 0.6 is 11.6 Å². The molecule has 1 aliphatic heterocycles. The molecule has 3 amide bonds. The highest BCUT2D eigenvalue weighted by molar-refractivity contribution is 6.30. The summed E-state index contributed by atoms with van der Waals surface area (Å²) in [6.07, 6.45) is 0. The number of halogens is 2. The van der Waals surface area contributed by atoms with Crippen LogP contribution in [0, 0.1) is 5.82 Å². The minimum Gasteiger partial charge on any atom is -0.331 e. The molecule has 0 bridgehead atoms. The van der Waals surface area contributed by atoms with Crippen molar-refractivity contribution < 1.29 is 14.0 Å². The molecule has 1 aliphatic rings. The van der Waals surface area contributed by atoms with E-state index in [-0.39, 0.29) is 22.6 Å². The Hall–Kier alpha value is -1.86. The normalized spacial score (nSPS) is 16.6. The number of carbonyl (C=O) groups excluding carboxylic acids is 2. The van der Waals surface area contributed by atoms with Crippen LogP contribution in [0.4, 0.5) is 14.9 Å². The molecule has 2 rings (SSSR count). The average molecular weight is 357 g/mol. The van der Waals surface area contributed by atoms with Crippen LogP contribution in [0.2, 0.25) is 5.02 Å². The van der Waals surface area contributed by atoms with Crippen molar-refractivity contribution in [2.45, 2.75) is 13.0 Å². The van der Waals surface area contributed by atoms with Crippen LogP contribution in [0.15, 0.2) is 18.2 Å². The molecule has 0 radical (unpaired) electrons. The molecule has 1 N–H and O–H groups in total. The van der Waals surface area contributed by atoms with Crippen LogP contribution in [0.5, 0.6) is 0 Å².